The van der Waals surface area contributed by atoms with Crippen LogP contribution in [-0.4, -0.2) is 61.0 Å². The van der Waals surface area contributed by atoms with E-state index in [9.17, 15) is 8.42 Å². The van der Waals surface area contributed by atoms with E-state index in [1.54, 1.807) is 42.3 Å². The summed E-state index contributed by atoms with van der Waals surface area (Å²) in [6.07, 6.45) is 4.14. The summed E-state index contributed by atoms with van der Waals surface area (Å²) in [7, 11) is -0.590. The molecule has 3 heterocycles. The fourth-order valence-corrected chi connectivity index (χ4v) is 4.55. The van der Waals surface area contributed by atoms with E-state index in [0.717, 1.165) is 0 Å². The molecule has 0 amide bonds. The standard InChI is InChI=1S/C20H20FN5O3S/c1-25(30(27,28)17-4-3-9-22-10-17)15-11-26(12-15)20-18(21)19(23-13-24-20)14-5-7-16(29-2)8-6-14/h3-10,13,15H,11-12H2,1-2H3. The van der Waals surface area contributed by atoms with Gasteiger partial charge in [-0.2, -0.15) is 4.31 Å². The van der Waals surface area contributed by atoms with Crippen molar-refractivity contribution in [3.63, 3.8) is 0 Å². The Labute approximate surface area is 174 Å². The van der Waals surface area contributed by atoms with Gasteiger partial charge in [0.2, 0.25) is 10.0 Å². The van der Waals surface area contributed by atoms with Crippen LogP contribution >= 0.6 is 0 Å². The topological polar surface area (TPSA) is 88.5 Å². The van der Waals surface area contributed by atoms with E-state index in [0.29, 0.717) is 24.4 Å². The Bertz CT molecular complexity index is 1140. The molecule has 4 rings (SSSR count). The highest BCUT2D eigenvalue weighted by atomic mass is 32.2. The lowest BCUT2D eigenvalue weighted by atomic mass is 10.1. The van der Waals surface area contributed by atoms with Gasteiger partial charge in [0.05, 0.1) is 13.2 Å². The van der Waals surface area contributed by atoms with Crippen molar-refractivity contribution in [3.8, 4) is 17.0 Å². The second kappa shape index (κ2) is 7.96. The first-order valence-electron chi connectivity index (χ1n) is 9.19. The first kappa shape index (κ1) is 20.2. The van der Waals surface area contributed by atoms with Gasteiger partial charge in [0.15, 0.2) is 11.6 Å². The van der Waals surface area contributed by atoms with Crippen LogP contribution in [0.2, 0.25) is 0 Å². The van der Waals surface area contributed by atoms with Crippen molar-refractivity contribution in [2.45, 2.75) is 10.9 Å². The number of halogens is 1. The van der Waals surface area contributed by atoms with Crippen molar-refractivity contribution in [3.05, 3.63) is 60.9 Å². The number of sulfonamides is 1. The number of anilines is 1. The van der Waals surface area contributed by atoms with Gasteiger partial charge in [0, 0.05) is 38.1 Å². The van der Waals surface area contributed by atoms with Crippen molar-refractivity contribution in [2.75, 3.05) is 32.1 Å². The van der Waals surface area contributed by atoms with Crippen LogP contribution in [0.3, 0.4) is 0 Å². The lowest BCUT2D eigenvalue weighted by Gasteiger charge is -2.43. The van der Waals surface area contributed by atoms with Crippen LogP contribution in [0.25, 0.3) is 11.3 Å². The normalized spacial score (nSPS) is 14.6. The van der Waals surface area contributed by atoms with Crippen LogP contribution in [0.15, 0.2) is 60.0 Å². The number of aromatic nitrogens is 3. The highest BCUT2D eigenvalue weighted by Crippen LogP contribution is 2.31. The van der Waals surface area contributed by atoms with Gasteiger partial charge >= 0.3 is 0 Å². The molecule has 0 bridgehead atoms. The molecule has 156 valence electrons. The minimum atomic E-state index is -3.67. The Morgan fingerprint density at radius 2 is 1.90 bits per heavy atom. The van der Waals surface area contributed by atoms with Crippen LogP contribution in [0.5, 0.6) is 5.75 Å². The highest BCUT2D eigenvalue weighted by molar-refractivity contribution is 7.89. The van der Waals surface area contributed by atoms with E-state index in [-0.39, 0.29) is 22.4 Å². The molecule has 1 saturated heterocycles. The number of likely N-dealkylation sites (N-methyl/N-ethyl adjacent to an activating group) is 1. The third kappa shape index (κ3) is 3.59. The molecule has 2 aromatic heterocycles. The summed E-state index contributed by atoms with van der Waals surface area (Å²) in [6.45, 7) is 0.651. The van der Waals surface area contributed by atoms with Crippen molar-refractivity contribution in [1.29, 1.82) is 0 Å². The van der Waals surface area contributed by atoms with E-state index >= 15 is 4.39 Å². The summed E-state index contributed by atoms with van der Waals surface area (Å²) in [5.74, 6) is 0.273. The number of ether oxygens (including phenoxy) is 1. The van der Waals surface area contributed by atoms with Crippen LogP contribution in [0.4, 0.5) is 10.2 Å². The Morgan fingerprint density at radius 3 is 2.53 bits per heavy atom. The fourth-order valence-electron chi connectivity index (χ4n) is 3.25. The Morgan fingerprint density at radius 1 is 1.17 bits per heavy atom. The second-order valence-electron chi connectivity index (χ2n) is 6.86. The third-order valence-corrected chi connectivity index (χ3v) is 7.02. The number of rotatable bonds is 6. The van der Waals surface area contributed by atoms with E-state index in [2.05, 4.69) is 15.0 Å². The molecule has 0 atom stereocenters. The molecule has 10 heteroatoms. The molecule has 1 aliphatic rings. The monoisotopic (exact) mass is 429 g/mol. The van der Waals surface area contributed by atoms with E-state index in [1.807, 2.05) is 0 Å². The molecular weight excluding hydrogens is 409 g/mol. The summed E-state index contributed by atoms with van der Waals surface area (Å²) in [4.78, 5) is 13.8. The van der Waals surface area contributed by atoms with Crippen LogP contribution in [0, 0.1) is 5.82 Å². The average Bonchev–Trinajstić information content (AvgIpc) is 2.74. The lowest BCUT2D eigenvalue weighted by molar-refractivity contribution is 0.307. The molecular formula is C20H20FN5O3S. The maximum atomic E-state index is 15.1. The third-order valence-electron chi connectivity index (χ3n) is 5.12. The van der Waals surface area contributed by atoms with Crippen molar-refractivity contribution >= 4 is 15.8 Å². The lowest BCUT2D eigenvalue weighted by Crippen LogP contribution is -2.60. The summed E-state index contributed by atoms with van der Waals surface area (Å²) >= 11 is 0. The maximum absolute atomic E-state index is 15.1. The summed E-state index contributed by atoms with van der Waals surface area (Å²) < 4.78 is 47.0. The molecule has 0 aliphatic carbocycles. The minimum absolute atomic E-state index is 0.126. The highest BCUT2D eigenvalue weighted by Gasteiger charge is 2.38. The number of hydrogen-bond donors (Lipinski definition) is 0. The van der Waals surface area contributed by atoms with Gasteiger partial charge in [-0.3, -0.25) is 4.98 Å². The Hall–Kier alpha value is -3.11. The molecule has 30 heavy (non-hydrogen) atoms. The molecule has 0 spiro atoms. The zero-order valence-electron chi connectivity index (χ0n) is 16.4. The second-order valence-corrected chi connectivity index (χ2v) is 8.85. The average molecular weight is 429 g/mol. The zero-order chi connectivity index (χ0) is 21.3. The first-order chi connectivity index (χ1) is 14.4. The van der Waals surface area contributed by atoms with Gasteiger partial charge in [0.25, 0.3) is 0 Å². The quantitative estimate of drug-likeness (QED) is 0.593. The predicted molar refractivity (Wildman–Crippen MR) is 109 cm³/mol. The van der Waals surface area contributed by atoms with Crippen molar-refractivity contribution in [2.24, 2.45) is 0 Å². The first-order valence-corrected chi connectivity index (χ1v) is 10.6. The number of benzene rings is 1. The van der Waals surface area contributed by atoms with Gasteiger partial charge in [-0.1, -0.05) is 0 Å². The minimum Gasteiger partial charge on any atom is -0.497 e. The van der Waals surface area contributed by atoms with Crippen LogP contribution < -0.4 is 9.64 Å². The maximum Gasteiger partial charge on any atom is 0.244 e. The van der Waals surface area contributed by atoms with Gasteiger partial charge < -0.3 is 9.64 Å². The van der Waals surface area contributed by atoms with Gasteiger partial charge in [-0.05, 0) is 36.4 Å². The molecule has 1 fully saturated rings. The van der Waals surface area contributed by atoms with E-state index in [4.69, 9.17) is 4.74 Å². The largest absolute Gasteiger partial charge is 0.497 e. The molecule has 1 aromatic carbocycles. The molecule has 3 aromatic rings. The number of pyridine rings is 1. The van der Waals surface area contributed by atoms with E-state index < -0.39 is 15.8 Å². The molecule has 0 radical (unpaired) electrons. The molecule has 0 unspecified atom stereocenters. The Kier molecular flexibility index (Phi) is 5.35. The number of nitrogens with zero attached hydrogens (tertiary/aromatic N) is 5. The molecule has 0 N–H and O–H groups in total. The molecule has 0 saturated carbocycles. The molecule has 1 aliphatic heterocycles. The van der Waals surface area contributed by atoms with Gasteiger partial charge in [-0.25, -0.2) is 22.8 Å². The number of methoxy groups -OCH3 is 1. The van der Waals surface area contributed by atoms with Crippen molar-refractivity contribution < 1.29 is 17.5 Å². The van der Waals surface area contributed by atoms with Gasteiger partial charge in [-0.15, -0.1) is 0 Å². The number of hydrogen-bond acceptors (Lipinski definition) is 7. The van der Waals surface area contributed by atoms with E-state index in [1.165, 1.54) is 36.1 Å². The SMILES string of the molecule is COc1ccc(-c2ncnc(N3CC(N(C)S(=O)(=O)c4cccnc4)C3)c2F)cc1. The summed E-state index contributed by atoms with van der Waals surface area (Å²) in [5.41, 5.74) is 0.785. The molecule has 8 nitrogen and oxygen atoms in total. The van der Waals surface area contributed by atoms with Crippen LogP contribution in [0.1, 0.15) is 0 Å². The zero-order valence-corrected chi connectivity index (χ0v) is 17.3. The van der Waals surface area contributed by atoms with Crippen molar-refractivity contribution in [1.82, 2.24) is 19.3 Å². The smallest absolute Gasteiger partial charge is 0.244 e. The van der Waals surface area contributed by atoms with Crippen LogP contribution in [-0.2, 0) is 10.0 Å². The predicted octanol–water partition coefficient (Wildman–Crippen LogP) is 2.20. The fraction of sp³-hybridized carbons (Fsp3) is 0.250. The Balaban J connectivity index is 1.51. The summed E-state index contributed by atoms with van der Waals surface area (Å²) in [6, 6.07) is 9.69. The van der Waals surface area contributed by atoms with Gasteiger partial charge in [0.1, 0.15) is 22.7 Å². The summed E-state index contributed by atoms with van der Waals surface area (Å²) in [5, 5.41) is 0.